The molecule has 0 unspecified atom stereocenters. The van der Waals surface area contributed by atoms with E-state index in [0.29, 0.717) is 18.3 Å². The molecule has 1 fully saturated rings. The lowest BCUT2D eigenvalue weighted by Crippen LogP contribution is -2.28. The van der Waals surface area contributed by atoms with E-state index in [1.54, 1.807) is 0 Å². The molecule has 1 aromatic carbocycles. The molecule has 0 radical (unpaired) electrons. The number of rotatable bonds is 6. The third kappa shape index (κ3) is 2.83. The van der Waals surface area contributed by atoms with E-state index in [4.69, 9.17) is 0 Å². The van der Waals surface area contributed by atoms with Gasteiger partial charge in [0.2, 0.25) is 0 Å². The minimum absolute atomic E-state index is 0.0678. The fourth-order valence-electron chi connectivity index (χ4n) is 2.18. The van der Waals surface area contributed by atoms with Gasteiger partial charge in [0.15, 0.2) is 0 Å². The molecule has 0 saturated heterocycles. The summed E-state index contributed by atoms with van der Waals surface area (Å²) < 4.78 is 0. The second-order valence-electron chi connectivity index (χ2n) is 4.69. The van der Waals surface area contributed by atoms with E-state index in [-0.39, 0.29) is 11.3 Å². The van der Waals surface area contributed by atoms with Crippen molar-refractivity contribution in [2.24, 2.45) is 0 Å². The number of non-ortho nitro benzene ring substituents is 1. The Hall–Kier alpha value is -2.11. The zero-order valence-corrected chi connectivity index (χ0v) is 10.7. The molecule has 2 rings (SSSR count). The van der Waals surface area contributed by atoms with Crippen molar-refractivity contribution in [1.82, 2.24) is 0 Å². The molecule has 0 aliphatic heterocycles. The van der Waals surface area contributed by atoms with Crippen LogP contribution in [0.3, 0.4) is 0 Å². The number of carboxylic acid groups (broad SMARTS) is 1. The predicted octanol–water partition coefficient (Wildman–Crippen LogP) is 2.67. The molecule has 0 aromatic heterocycles. The lowest BCUT2D eigenvalue weighted by molar-refractivity contribution is -0.384. The van der Waals surface area contributed by atoms with Gasteiger partial charge >= 0.3 is 5.97 Å². The van der Waals surface area contributed by atoms with Crippen molar-refractivity contribution >= 4 is 17.3 Å². The number of carbonyl (C=O) groups is 1. The molecule has 0 amide bonds. The summed E-state index contributed by atoms with van der Waals surface area (Å²) in [7, 11) is 0. The van der Waals surface area contributed by atoms with Gasteiger partial charge in [0.25, 0.3) is 5.69 Å². The van der Waals surface area contributed by atoms with Crippen LogP contribution in [0.1, 0.15) is 36.5 Å². The maximum Gasteiger partial charge on any atom is 0.337 e. The first-order valence-corrected chi connectivity index (χ1v) is 6.33. The van der Waals surface area contributed by atoms with Crippen LogP contribution in [0.25, 0.3) is 0 Å². The first kappa shape index (κ1) is 13.3. The van der Waals surface area contributed by atoms with Crippen LogP contribution in [0.4, 0.5) is 11.4 Å². The van der Waals surface area contributed by atoms with Gasteiger partial charge in [-0.25, -0.2) is 4.79 Å². The minimum Gasteiger partial charge on any atom is -0.478 e. The highest BCUT2D eigenvalue weighted by molar-refractivity contribution is 5.95. The number of aromatic carboxylic acids is 1. The van der Waals surface area contributed by atoms with Crippen molar-refractivity contribution in [2.75, 3.05) is 11.4 Å². The minimum atomic E-state index is -1.05. The first-order chi connectivity index (χ1) is 9.04. The van der Waals surface area contributed by atoms with Gasteiger partial charge in [0.05, 0.1) is 16.2 Å². The summed E-state index contributed by atoms with van der Waals surface area (Å²) in [4.78, 5) is 23.6. The van der Waals surface area contributed by atoms with Crippen molar-refractivity contribution in [3.8, 4) is 0 Å². The standard InChI is InChI=1S/C13H16N2O4/c1-2-7-14(9-3-4-9)12-8-10(15(18)19)5-6-11(12)13(16)17/h5-6,8-9H,2-4,7H2,1H3,(H,16,17). The molecule has 0 spiro atoms. The van der Waals surface area contributed by atoms with Crippen LogP contribution >= 0.6 is 0 Å². The number of hydrogen-bond acceptors (Lipinski definition) is 4. The predicted molar refractivity (Wildman–Crippen MR) is 70.7 cm³/mol. The number of carboxylic acids is 1. The van der Waals surface area contributed by atoms with Gasteiger partial charge in [-0.05, 0) is 25.3 Å². The fraction of sp³-hybridized carbons (Fsp3) is 0.462. The van der Waals surface area contributed by atoms with Crippen LogP contribution < -0.4 is 4.90 Å². The third-order valence-corrected chi connectivity index (χ3v) is 3.18. The molecule has 0 heterocycles. The van der Waals surface area contributed by atoms with Crippen molar-refractivity contribution in [1.29, 1.82) is 0 Å². The van der Waals surface area contributed by atoms with Gasteiger partial charge in [0.1, 0.15) is 0 Å². The van der Waals surface area contributed by atoms with Crippen LogP contribution in [0.2, 0.25) is 0 Å². The maximum atomic E-state index is 11.3. The molecule has 0 atom stereocenters. The van der Waals surface area contributed by atoms with Crippen LogP contribution in [0.5, 0.6) is 0 Å². The molecule has 1 N–H and O–H groups in total. The van der Waals surface area contributed by atoms with E-state index in [1.807, 2.05) is 11.8 Å². The number of anilines is 1. The molecule has 102 valence electrons. The Labute approximate surface area is 110 Å². The van der Waals surface area contributed by atoms with E-state index in [0.717, 1.165) is 19.3 Å². The summed E-state index contributed by atoms with van der Waals surface area (Å²) in [5, 5.41) is 20.1. The number of benzene rings is 1. The quantitative estimate of drug-likeness (QED) is 0.630. The molecular formula is C13H16N2O4. The van der Waals surface area contributed by atoms with Gasteiger partial charge in [-0.1, -0.05) is 6.92 Å². The zero-order valence-electron chi connectivity index (χ0n) is 10.7. The average molecular weight is 264 g/mol. The van der Waals surface area contributed by atoms with E-state index in [2.05, 4.69) is 0 Å². The SMILES string of the molecule is CCCN(c1cc([N+](=O)[O-])ccc1C(=O)O)C1CC1. The normalized spacial score (nSPS) is 14.2. The lowest BCUT2D eigenvalue weighted by atomic mass is 10.1. The summed E-state index contributed by atoms with van der Waals surface area (Å²) in [6.07, 6.45) is 2.90. The largest absolute Gasteiger partial charge is 0.478 e. The van der Waals surface area contributed by atoms with Crippen LogP contribution in [-0.4, -0.2) is 28.6 Å². The molecule has 19 heavy (non-hydrogen) atoms. The van der Waals surface area contributed by atoms with E-state index in [1.165, 1.54) is 18.2 Å². The molecule has 1 aliphatic carbocycles. The summed E-state index contributed by atoms with van der Waals surface area (Å²) in [5.74, 6) is -1.05. The highest BCUT2D eigenvalue weighted by Gasteiger charge is 2.31. The van der Waals surface area contributed by atoms with Gasteiger partial charge in [-0.2, -0.15) is 0 Å². The van der Waals surface area contributed by atoms with Crippen LogP contribution in [-0.2, 0) is 0 Å². The molecular weight excluding hydrogens is 248 g/mol. The Morgan fingerprint density at radius 3 is 2.68 bits per heavy atom. The van der Waals surface area contributed by atoms with Crippen LogP contribution in [0.15, 0.2) is 18.2 Å². The summed E-state index contributed by atoms with van der Waals surface area (Å²) >= 11 is 0. The van der Waals surface area contributed by atoms with E-state index < -0.39 is 10.9 Å². The number of nitrogens with zero attached hydrogens (tertiary/aromatic N) is 2. The van der Waals surface area contributed by atoms with Crippen molar-refractivity contribution in [3.63, 3.8) is 0 Å². The number of nitro groups is 1. The summed E-state index contributed by atoms with van der Waals surface area (Å²) in [5.41, 5.74) is 0.527. The monoisotopic (exact) mass is 264 g/mol. The second kappa shape index (κ2) is 5.26. The van der Waals surface area contributed by atoms with Crippen molar-refractivity contribution in [2.45, 2.75) is 32.2 Å². The summed E-state index contributed by atoms with van der Waals surface area (Å²) in [6, 6.07) is 4.25. The zero-order chi connectivity index (χ0) is 14.0. The van der Waals surface area contributed by atoms with Crippen molar-refractivity contribution in [3.05, 3.63) is 33.9 Å². The Morgan fingerprint density at radius 2 is 2.21 bits per heavy atom. The second-order valence-corrected chi connectivity index (χ2v) is 4.69. The smallest absolute Gasteiger partial charge is 0.337 e. The molecule has 6 heteroatoms. The number of hydrogen-bond donors (Lipinski definition) is 1. The van der Waals surface area contributed by atoms with Gasteiger partial charge in [-0.3, -0.25) is 10.1 Å². The van der Waals surface area contributed by atoms with E-state index >= 15 is 0 Å². The maximum absolute atomic E-state index is 11.3. The average Bonchev–Trinajstić information content (AvgIpc) is 3.19. The Morgan fingerprint density at radius 1 is 1.53 bits per heavy atom. The van der Waals surface area contributed by atoms with Crippen LogP contribution in [0, 0.1) is 10.1 Å². The molecule has 0 bridgehead atoms. The summed E-state index contributed by atoms with van der Waals surface area (Å²) in [6.45, 7) is 2.72. The molecule has 1 saturated carbocycles. The Balaban J connectivity index is 2.46. The molecule has 1 aromatic rings. The van der Waals surface area contributed by atoms with Gasteiger partial charge in [-0.15, -0.1) is 0 Å². The fourth-order valence-corrected chi connectivity index (χ4v) is 2.18. The Bertz CT molecular complexity index is 511. The van der Waals surface area contributed by atoms with Crippen molar-refractivity contribution < 1.29 is 14.8 Å². The van der Waals surface area contributed by atoms with Gasteiger partial charge in [0, 0.05) is 24.7 Å². The third-order valence-electron chi connectivity index (χ3n) is 3.18. The van der Waals surface area contributed by atoms with E-state index in [9.17, 15) is 20.0 Å². The highest BCUT2D eigenvalue weighted by Crippen LogP contribution is 2.35. The van der Waals surface area contributed by atoms with Gasteiger partial charge < -0.3 is 10.0 Å². The Kier molecular flexibility index (Phi) is 3.69. The molecule has 1 aliphatic rings. The topological polar surface area (TPSA) is 83.7 Å². The molecule has 6 nitrogen and oxygen atoms in total. The highest BCUT2D eigenvalue weighted by atomic mass is 16.6. The first-order valence-electron chi connectivity index (χ1n) is 6.33. The lowest BCUT2D eigenvalue weighted by Gasteiger charge is -2.25. The number of nitro benzene ring substituents is 1.